The van der Waals surface area contributed by atoms with Gasteiger partial charge in [0.05, 0.1) is 0 Å². The van der Waals surface area contributed by atoms with Crippen LogP contribution in [-0.4, -0.2) is 34.1 Å². The highest BCUT2D eigenvalue weighted by atomic mass is 32.2. The van der Waals surface area contributed by atoms with Crippen molar-refractivity contribution < 1.29 is 4.79 Å². The number of amides is 1. The van der Waals surface area contributed by atoms with Gasteiger partial charge >= 0.3 is 0 Å². The lowest BCUT2D eigenvalue weighted by atomic mass is 9.91. The number of rotatable bonds is 5. The van der Waals surface area contributed by atoms with E-state index in [4.69, 9.17) is 0 Å². The minimum Gasteiger partial charge on any atom is -0.321 e. The Morgan fingerprint density at radius 3 is 2.95 bits per heavy atom. The lowest BCUT2D eigenvalue weighted by molar-refractivity contribution is -0.148. The third-order valence-corrected chi connectivity index (χ3v) is 7.24. The summed E-state index contributed by atoms with van der Waals surface area (Å²) >= 11 is 3.83. The van der Waals surface area contributed by atoms with Gasteiger partial charge in [0, 0.05) is 6.54 Å². The zero-order chi connectivity index (χ0) is 14.0. The fraction of sp³-hybridized carbons (Fsp3) is 0.562. The van der Waals surface area contributed by atoms with E-state index in [1.165, 1.54) is 18.4 Å². The van der Waals surface area contributed by atoms with Crippen LogP contribution in [0.15, 0.2) is 30.3 Å². The molecule has 0 saturated carbocycles. The summed E-state index contributed by atoms with van der Waals surface area (Å²) in [7, 11) is 0. The minimum atomic E-state index is -0.0883. The summed E-state index contributed by atoms with van der Waals surface area (Å²) in [5.41, 5.74) is 1.30. The minimum absolute atomic E-state index is 0.0883. The molecular weight excluding hydrogens is 286 g/mol. The Balaban J connectivity index is 1.87. The average Bonchev–Trinajstić information content (AvgIpc) is 2.51. The van der Waals surface area contributed by atoms with Crippen molar-refractivity contribution in [1.82, 2.24) is 4.90 Å². The molecule has 2 unspecified atom stereocenters. The number of thioether (sulfide) groups is 2. The topological polar surface area (TPSA) is 20.3 Å². The third-order valence-electron chi connectivity index (χ3n) is 4.06. The van der Waals surface area contributed by atoms with Gasteiger partial charge in [-0.05, 0) is 29.9 Å². The van der Waals surface area contributed by atoms with Gasteiger partial charge in [-0.3, -0.25) is 4.79 Å². The maximum Gasteiger partial charge on any atom is 0.240 e. The van der Waals surface area contributed by atoms with Crippen molar-refractivity contribution in [3.8, 4) is 0 Å². The fourth-order valence-electron chi connectivity index (χ4n) is 3.03. The number of carbonyl (C=O) groups is 1. The first kappa shape index (κ1) is 14.3. The molecule has 20 heavy (non-hydrogen) atoms. The summed E-state index contributed by atoms with van der Waals surface area (Å²) in [5.74, 6) is 2.60. The van der Waals surface area contributed by atoms with Crippen molar-refractivity contribution >= 4 is 29.4 Å². The predicted octanol–water partition coefficient (Wildman–Crippen LogP) is 3.72. The molecule has 3 rings (SSSR count). The molecule has 1 aromatic rings. The SMILES string of the molecule is CCCCSC1C(=O)N2CCCSC12c1ccccc1. The van der Waals surface area contributed by atoms with E-state index >= 15 is 0 Å². The maximum absolute atomic E-state index is 12.5. The van der Waals surface area contributed by atoms with Crippen molar-refractivity contribution in [1.29, 1.82) is 0 Å². The van der Waals surface area contributed by atoms with Crippen molar-refractivity contribution in [3.05, 3.63) is 35.9 Å². The summed E-state index contributed by atoms with van der Waals surface area (Å²) in [6.07, 6.45) is 3.52. The van der Waals surface area contributed by atoms with Crippen LogP contribution < -0.4 is 0 Å². The molecule has 0 radical (unpaired) electrons. The molecule has 2 aliphatic heterocycles. The van der Waals surface area contributed by atoms with Gasteiger partial charge in [0.2, 0.25) is 5.91 Å². The molecule has 2 nitrogen and oxygen atoms in total. The second-order valence-electron chi connectivity index (χ2n) is 5.36. The highest BCUT2D eigenvalue weighted by Crippen LogP contribution is 2.57. The van der Waals surface area contributed by atoms with Crippen LogP contribution in [0, 0.1) is 0 Å². The summed E-state index contributed by atoms with van der Waals surface area (Å²) in [4.78, 5) is 14.5. The molecule has 4 heteroatoms. The Kier molecular flexibility index (Phi) is 4.32. The Morgan fingerprint density at radius 1 is 1.40 bits per heavy atom. The van der Waals surface area contributed by atoms with E-state index in [1.54, 1.807) is 0 Å². The number of carbonyl (C=O) groups excluding carboxylic acids is 1. The molecule has 2 fully saturated rings. The Morgan fingerprint density at radius 2 is 2.20 bits per heavy atom. The van der Waals surface area contributed by atoms with Crippen LogP contribution in [0.1, 0.15) is 31.7 Å². The van der Waals surface area contributed by atoms with Crippen LogP contribution in [0.3, 0.4) is 0 Å². The molecule has 0 bridgehead atoms. The van der Waals surface area contributed by atoms with E-state index in [2.05, 4.69) is 42.2 Å². The number of fused-ring (bicyclic) bond motifs is 1. The number of hydrogen-bond acceptors (Lipinski definition) is 3. The number of benzene rings is 1. The fourth-order valence-corrected chi connectivity index (χ4v) is 6.36. The molecule has 0 aliphatic carbocycles. The predicted molar refractivity (Wildman–Crippen MR) is 88.1 cm³/mol. The molecule has 2 heterocycles. The largest absolute Gasteiger partial charge is 0.321 e. The van der Waals surface area contributed by atoms with Gasteiger partial charge in [0.25, 0.3) is 0 Å². The van der Waals surface area contributed by atoms with Crippen LogP contribution in [-0.2, 0) is 9.67 Å². The second-order valence-corrected chi connectivity index (χ2v) is 7.89. The first-order chi connectivity index (χ1) is 9.80. The van der Waals surface area contributed by atoms with Gasteiger partial charge in [0.15, 0.2) is 0 Å². The van der Waals surface area contributed by atoms with Crippen LogP contribution in [0.5, 0.6) is 0 Å². The van der Waals surface area contributed by atoms with Gasteiger partial charge in [-0.15, -0.1) is 23.5 Å². The zero-order valence-electron chi connectivity index (χ0n) is 11.9. The van der Waals surface area contributed by atoms with E-state index in [1.807, 2.05) is 23.5 Å². The van der Waals surface area contributed by atoms with Gasteiger partial charge in [0.1, 0.15) is 10.1 Å². The molecule has 1 aromatic carbocycles. The lowest BCUT2D eigenvalue weighted by Crippen LogP contribution is -2.70. The normalized spacial score (nSPS) is 28.9. The molecule has 108 valence electrons. The van der Waals surface area contributed by atoms with Crippen LogP contribution in [0.2, 0.25) is 0 Å². The lowest BCUT2D eigenvalue weighted by Gasteiger charge is -2.59. The number of unbranched alkanes of at least 4 members (excludes halogenated alkanes) is 1. The molecule has 0 aromatic heterocycles. The Labute approximate surface area is 129 Å². The molecular formula is C16H21NOS2. The second kappa shape index (κ2) is 6.02. The zero-order valence-corrected chi connectivity index (χ0v) is 13.5. The monoisotopic (exact) mass is 307 g/mol. The smallest absolute Gasteiger partial charge is 0.240 e. The van der Waals surface area contributed by atoms with Gasteiger partial charge in [-0.25, -0.2) is 0 Å². The summed E-state index contributed by atoms with van der Waals surface area (Å²) < 4.78 is 0. The van der Waals surface area contributed by atoms with Crippen molar-refractivity contribution in [3.63, 3.8) is 0 Å². The van der Waals surface area contributed by atoms with E-state index < -0.39 is 0 Å². The van der Waals surface area contributed by atoms with Crippen molar-refractivity contribution in [2.24, 2.45) is 0 Å². The standard InChI is InChI=1S/C16H21NOS2/c1-2-3-11-19-14-15(18)17-10-7-12-20-16(14,17)13-8-5-4-6-9-13/h4-6,8-9,14H,2-3,7,10-12H2,1H3. The molecule has 2 atom stereocenters. The van der Waals surface area contributed by atoms with E-state index in [0.717, 1.165) is 24.5 Å². The molecule has 0 spiro atoms. The molecule has 1 amide bonds. The van der Waals surface area contributed by atoms with Gasteiger partial charge in [-0.1, -0.05) is 43.7 Å². The first-order valence-electron chi connectivity index (χ1n) is 7.43. The highest BCUT2D eigenvalue weighted by Gasteiger charge is 2.62. The van der Waals surface area contributed by atoms with Gasteiger partial charge in [-0.2, -0.15) is 0 Å². The van der Waals surface area contributed by atoms with E-state index in [-0.39, 0.29) is 10.1 Å². The van der Waals surface area contributed by atoms with Gasteiger partial charge < -0.3 is 4.90 Å². The number of β-lactam (4-membered cyclic amide) rings is 1. The summed E-state index contributed by atoms with van der Waals surface area (Å²) in [5, 5.41) is 0.113. The molecule has 2 saturated heterocycles. The Bertz CT molecular complexity index is 479. The highest BCUT2D eigenvalue weighted by molar-refractivity contribution is 8.04. The third kappa shape index (κ3) is 2.17. The van der Waals surface area contributed by atoms with Crippen LogP contribution >= 0.6 is 23.5 Å². The maximum atomic E-state index is 12.5. The summed E-state index contributed by atoms with van der Waals surface area (Å²) in [6, 6.07) is 10.6. The van der Waals surface area contributed by atoms with Crippen molar-refractivity contribution in [2.75, 3.05) is 18.1 Å². The molecule has 2 aliphatic rings. The van der Waals surface area contributed by atoms with E-state index in [9.17, 15) is 4.79 Å². The van der Waals surface area contributed by atoms with E-state index in [0.29, 0.717) is 5.91 Å². The number of hydrogen-bond donors (Lipinski definition) is 0. The van der Waals surface area contributed by atoms with Crippen LogP contribution in [0.25, 0.3) is 0 Å². The van der Waals surface area contributed by atoms with Crippen molar-refractivity contribution in [2.45, 2.75) is 36.3 Å². The van der Waals surface area contributed by atoms with Crippen LogP contribution in [0.4, 0.5) is 0 Å². The Hall–Kier alpha value is -0.610. The number of nitrogens with zero attached hydrogens (tertiary/aromatic N) is 1. The summed E-state index contributed by atoms with van der Waals surface area (Å²) in [6.45, 7) is 3.13. The quantitative estimate of drug-likeness (QED) is 0.611. The average molecular weight is 307 g/mol. The first-order valence-corrected chi connectivity index (χ1v) is 9.46. The molecule has 0 N–H and O–H groups in total.